The molecule has 57 heavy (non-hydrogen) atoms. The molecule has 0 radical (unpaired) electrons. The lowest BCUT2D eigenvalue weighted by Gasteiger charge is -2.40. The Morgan fingerprint density at radius 3 is 2.25 bits per heavy atom. The maximum Gasteiger partial charge on any atom is 0.426 e. The Bertz CT molecular complexity index is 2010. The quantitative estimate of drug-likeness (QED) is 0.0716. The van der Waals surface area contributed by atoms with Crippen LogP contribution in [-0.4, -0.2) is 82.6 Å². The number of hydrazine groups is 1. The molecule has 1 aliphatic heterocycles. The molecule has 0 saturated carbocycles. The molecular weight excluding hydrogens is 777 g/mol. The summed E-state index contributed by atoms with van der Waals surface area (Å²) in [5, 5.41) is 3.31. The van der Waals surface area contributed by atoms with E-state index in [-0.39, 0.29) is 28.7 Å². The van der Waals surface area contributed by atoms with Crippen LogP contribution in [0.2, 0.25) is 61.9 Å². The van der Waals surface area contributed by atoms with Gasteiger partial charge < -0.3 is 28.6 Å². The first-order chi connectivity index (χ1) is 26.2. The van der Waals surface area contributed by atoms with E-state index < -0.39 is 66.7 Å². The lowest BCUT2D eigenvalue weighted by atomic mass is 10.0. The van der Waals surface area contributed by atoms with Gasteiger partial charge in [0.1, 0.15) is 11.9 Å². The van der Waals surface area contributed by atoms with Crippen molar-refractivity contribution in [2.75, 3.05) is 18.5 Å². The van der Waals surface area contributed by atoms with E-state index in [9.17, 15) is 19.2 Å². The van der Waals surface area contributed by atoms with Gasteiger partial charge in [-0.05, 0) is 72.5 Å². The van der Waals surface area contributed by atoms with Gasteiger partial charge in [0.05, 0.1) is 19.3 Å². The fourth-order valence-electron chi connectivity index (χ4n) is 5.63. The van der Waals surface area contributed by atoms with Crippen molar-refractivity contribution in [1.29, 1.82) is 0 Å². The monoisotopic (exact) mass is 840 g/mol. The van der Waals surface area contributed by atoms with Gasteiger partial charge in [-0.25, -0.2) is 15.0 Å². The number of carbonyl (C=O) groups excluding carboxylic acids is 3. The summed E-state index contributed by atoms with van der Waals surface area (Å²) < 4.78 is 26.5. The van der Waals surface area contributed by atoms with E-state index in [0.717, 1.165) is 11.6 Å². The Balaban J connectivity index is 1.47. The summed E-state index contributed by atoms with van der Waals surface area (Å²) in [7, 11) is -5.79. The molecule has 4 rings (SSSR count). The second-order valence-corrected chi connectivity index (χ2v) is 34.3. The van der Waals surface area contributed by atoms with Crippen LogP contribution in [0.15, 0.2) is 53.6 Å². The van der Waals surface area contributed by atoms with E-state index in [1.165, 1.54) is 10.8 Å². The predicted octanol–water partition coefficient (Wildman–Crippen LogP) is 7.87. The Labute approximate surface area is 340 Å². The van der Waals surface area contributed by atoms with Crippen molar-refractivity contribution >= 4 is 59.3 Å². The Hall–Kier alpha value is -3.88. The van der Waals surface area contributed by atoms with Crippen LogP contribution in [0.25, 0.3) is 10.9 Å². The zero-order chi connectivity index (χ0) is 42.7. The topological polar surface area (TPSA) is 175 Å². The molecule has 2 aromatic heterocycles. The van der Waals surface area contributed by atoms with Crippen molar-refractivity contribution in [3.63, 3.8) is 0 Å². The Morgan fingerprint density at radius 2 is 1.63 bits per heavy atom. The van der Waals surface area contributed by atoms with Gasteiger partial charge in [-0.1, -0.05) is 73.8 Å². The number of aryl methyl sites for hydroxylation is 1. The predicted molar refractivity (Wildman–Crippen MR) is 232 cm³/mol. The first-order valence-corrected chi connectivity index (χ1v) is 29.1. The highest BCUT2D eigenvalue weighted by Crippen LogP contribution is 2.44. The van der Waals surface area contributed by atoms with Crippen molar-refractivity contribution in [2.45, 2.75) is 135 Å². The minimum atomic E-state index is -2.29. The smallest absolute Gasteiger partial charge is 0.426 e. The molecule has 0 bridgehead atoms. The molecule has 0 aliphatic carbocycles. The summed E-state index contributed by atoms with van der Waals surface area (Å²) in [6.45, 7) is 33.3. The van der Waals surface area contributed by atoms with Crippen molar-refractivity contribution < 1.29 is 32.7 Å². The van der Waals surface area contributed by atoms with E-state index in [4.69, 9.17) is 18.3 Å². The van der Waals surface area contributed by atoms with Crippen molar-refractivity contribution in [1.82, 2.24) is 25.4 Å². The number of hydrogen-bond acceptors (Lipinski definition) is 9. The van der Waals surface area contributed by atoms with E-state index in [1.54, 1.807) is 24.4 Å². The van der Waals surface area contributed by atoms with Crippen molar-refractivity contribution in [3.8, 4) is 0 Å². The van der Waals surface area contributed by atoms with Gasteiger partial charge in [0, 0.05) is 48.9 Å². The largest absolute Gasteiger partial charge is 0.449 e. The zero-order valence-electron chi connectivity index (χ0n) is 36.1. The molecule has 3 atom stereocenters. The molecule has 1 aliphatic rings. The molecular formula is C40H64N6O8Si3. The van der Waals surface area contributed by atoms with Gasteiger partial charge in [0.25, 0.3) is 5.91 Å². The van der Waals surface area contributed by atoms with Gasteiger partial charge in [0.15, 0.2) is 22.9 Å². The summed E-state index contributed by atoms with van der Waals surface area (Å²) in [5.74, 6) is -0.835. The van der Waals surface area contributed by atoms with E-state index >= 15 is 0 Å². The van der Waals surface area contributed by atoms with Crippen LogP contribution in [0.3, 0.4) is 0 Å². The standard InChI is InChI=1S/C40H64N6O8Si3/c1-26-34(54-57(13,14)40(5,6)7)30(25-52-56(11,12)39(2,3)4)53-36(26)46-21-20-31(43-37(46)49)42-35(48)28-16-15-17-29-33(28)27(24-41-29)18-19-32(47)44-45-38(50)51-22-23-55(8,9)10/h15-17,20-21,24,30,34,36,41H,1,18-19,22-23,25H2,2-14H3,(H,44,47)(H,45,50)(H,42,43,48,49)/t30-,34+,36-/m1/s1. The summed E-state index contributed by atoms with van der Waals surface area (Å²) in [6, 6.07) is 7.60. The molecule has 3 aromatic rings. The second kappa shape index (κ2) is 17.5. The SMILES string of the molecule is C=C1[C@H](n2ccc(NC(=O)c3cccc4[nH]cc(CCC(=O)NNC(=O)OCC[Si](C)(C)C)c34)nc2=O)O[C@H](CO[Si](C)(C)C(C)(C)C)[C@H]1O[Si](C)(C)C(C)(C)C. The summed E-state index contributed by atoms with van der Waals surface area (Å²) in [5.41, 5.74) is 6.40. The first-order valence-electron chi connectivity index (χ1n) is 19.6. The van der Waals surface area contributed by atoms with Gasteiger partial charge in [-0.2, -0.15) is 4.98 Å². The number of H-pyrrole nitrogens is 1. The Morgan fingerprint density at radius 1 is 0.965 bits per heavy atom. The zero-order valence-corrected chi connectivity index (χ0v) is 39.1. The van der Waals surface area contributed by atoms with Crippen LogP contribution in [0.4, 0.5) is 10.6 Å². The number of rotatable bonds is 14. The number of aromatic amines is 1. The Kier molecular flexibility index (Phi) is 14.1. The molecule has 14 nitrogen and oxygen atoms in total. The van der Waals surface area contributed by atoms with Crippen molar-refractivity contribution in [3.05, 3.63) is 70.4 Å². The molecule has 17 heteroatoms. The summed E-state index contributed by atoms with van der Waals surface area (Å²) in [6.07, 6.45) is 1.06. The van der Waals surface area contributed by atoms with E-state index in [2.05, 4.69) is 120 Å². The third-order valence-corrected chi connectivity index (χ3v) is 22.0. The van der Waals surface area contributed by atoms with Crippen LogP contribution in [0, 0.1) is 0 Å². The summed E-state index contributed by atoms with van der Waals surface area (Å²) in [4.78, 5) is 59.2. The average Bonchev–Trinajstić information content (AvgIpc) is 3.64. The highest BCUT2D eigenvalue weighted by atomic mass is 28.4. The fraction of sp³-hybridized carbons (Fsp3) is 0.575. The van der Waals surface area contributed by atoms with Crippen LogP contribution >= 0.6 is 0 Å². The second-order valence-electron chi connectivity index (χ2n) is 19.1. The minimum absolute atomic E-state index is 0.00762. The molecule has 1 saturated heterocycles. The number of nitrogens with one attached hydrogen (secondary N) is 4. The van der Waals surface area contributed by atoms with Gasteiger partial charge >= 0.3 is 11.8 Å². The number of hydrogen-bond donors (Lipinski definition) is 4. The lowest BCUT2D eigenvalue weighted by molar-refractivity contribution is -0.121. The van der Waals surface area contributed by atoms with Gasteiger partial charge in [-0.15, -0.1) is 0 Å². The molecule has 3 amide bonds. The highest BCUT2D eigenvalue weighted by Gasteiger charge is 2.48. The van der Waals surface area contributed by atoms with Gasteiger partial charge in [0.2, 0.25) is 5.91 Å². The number of nitrogens with zero attached hydrogens (tertiary/aromatic N) is 2. The minimum Gasteiger partial charge on any atom is -0.449 e. The van der Waals surface area contributed by atoms with Crippen LogP contribution in [0.1, 0.15) is 70.1 Å². The normalized spacial score (nSPS) is 18.1. The number of amides is 3. The third-order valence-electron chi connectivity index (χ3n) is 11.3. The van der Waals surface area contributed by atoms with Gasteiger partial charge in [-0.3, -0.25) is 19.6 Å². The van der Waals surface area contributed by atoms with E-state index in [1.807, 2.05) is 6.07 Å². The molecule has 0 spiro atoms. The number of ether oxygens (including phenoxy) is 2. The third kappa shape index (κ3) is 11.6. The van der Waals surface area contributed by atoms with Crippen molar-refractivity contribution in [2.24, 2.45) is 0 Å². The number of anilines is 1. The lowest BCUT2D eigenvalue weighted by Crippen LogP contribution is -2.48. The maximum absolute atomic E-state index is 13.7. The highest BCUT2D eigenvalue weighted by molar-refractivity contribution is 6.76. The fourth-order valence-corrected chi connectivity index (χ4v) is 8.65. The average molecular weight is 841 g/mol. The number of carbonyl (C=O) groups is 3. The molecule has 314 valence electrons. The summed E-state index contributed by atoms with van der Waals surface area (Å²) >= 11 is 0. The van der Waals surface area contributed by atoms with Crippen LogP contribution in [0.5, 0.6) is 0 Å². The molecule has 1 fully saturated rings. The number of aromatic nitrogens is 3. The maximum atomic E-state index is 13.7. The molecule has 4 N–H and O–H groups in total. The molecule has 3 heterocycles. The molecule has 1 aromatic carbocycles. The number of fused-ring (bicyclic) bond motifs is 1. The molecule has 0 unspecified atom stereocenters. The number of benzene rings is 1. The van der Waals surface area contributed by atoms with Crippen LogP contribution in [-0.2, 0) is 29.5 Å². The first kappa shape index (κ1) is 45.8. The van der Waals surface area contributed by atoms with E-state index in [0.29, 0.717) is 35.3 Å². The van der Waals surface area contributed by atoms with Crippen LogP contribution < -0.4 is 21.9 Å².